The van der Waals surface area contributed by atoms with Gasteiger partial charge in [0, 0.05) is 19.7 Å². The number of carbonyl (C=O) groups excluding carboxylic acids is 1. The van der Waals surface area contributed by atoms with Gasteiger partial charge in [0.15, 0.2) is 0 Å². The molecule has 1 aromatic carbocycles. The Morgan fingerprint density at radius 2 is 2.17 bits per heavy atom. The number of hydrogen-bond donors (Lipinski definition) is 1. The second-order valence-corrected chi connectivity index (χ2v) is 5.82. The first-order valence-corrected chi connectivity index (χ1v) is 7.61. The number of nitrogens with one attached hydrogen (secondary N) is 1. The van der Waals surface area contributed by atoms with Crippen LogP contribution in [0.1, 0.15) is 33.6 Å². The van der Waals surface area contributed by atoms with E-state index in [0.717, 1.165) is 11.3 Å². The van der Waals surface area contributed by atoms with Crippen molar-refractivity contribution >= 4 is 11.6 Å². The summed E-state index contributed by atoms with van der Waals surface area (Å²) in [6.07, 6.45) is 2.15. The molecule has 0 saturated carbocycles. The molecule has 0 spiro atoms. The maximum absolute atomic E-state index is 12.1. The summed E-state index contributed by atoms with van der Waals surface area (Å²) in [7, 11) is 1.74. The second kappa shape index (κ2) is 6.24. The highest BCUT2D eigenvalue weighted by Gasteiger charge is 2.23. The first-order chi connectivity index (χ1) is 11.0. The molecular formula is C17H20N4O2. The van der Waals surface area contributed by atoms with Crippen LogP contribution in [0.25, 0.3) is 0 Å². The van der Waals surface area contributed by atoms with Crippen LogP contribution in [0, 0.1) is 13.8 Å². The molecule has 0 bridgehead atoms. The first kappa shape index (κ1) is 15.3. The Labute approximate surface area is 135 Å². The highest BCUT2D eigenvalue weighted by atomic mass is 16.6. The molecule has 0 aliphatic carbocycles. The Morgan fingerprint density at radius 1 is 1.35 bits per heavy atom. The Kier molecular flexibility index (Phi) is 4.14. The Morgan fingerprint density at radius 3 is 2.87 bits per heavy atom. The van der Waals surface area contributed by atoms with E-state index in [4.69, 9.17) is 4.84 Å². The number of aryl methyl sites for hydroxylation is 3. The summed E-state index contributed by atoms with van der Waals surface area (Å²) in [5.74, 6) is -0.159. The van der Waals surface area contributed by atoms with Gasteiger partial charge in [0.25, 0.3) is 5.91 Å². The van der Waals surface area contributed by atoms with Gasteiger partial charge in [-0.05, 0) is 42.7 Å². The average molecular weight is 312 g/mol. The maximum atomic E-state index is 12.1. The molecule has 1 atom stereocenters. The van der Waals surface area contributed by atoms with Crippen molar-refractivity contribution in [1.82, 2.24) is 15.1 Å². The van der Waals surface area contributed by atoms with Gasteiger partial charge < -0.3 is 10.2 Å². The molecule has 6 nitrogen and oxygen atoms in total. The lowest BCUT2D eigenvalue weighted by Crippen LogP contribution is -2.33. The topological polar surface area (TPSA) is 68.5 Å². The van der Waals surface area contributed by atoms with Gasteiger partial charge >= 0.3 is 0 Å². The van der Waals surface area contributed by atoms with E-state index in [1.165, 1.54) is 11.1 Å². The quantitative estimate of drug-likeness (QED) is 0.938. The molecule has 3 rings (SSSR count). The lowest BCUT2D eigenvalue weighted by molar-refractivity contribution is 0.0749. The van der Waals surface area contributed by atoms with E-state index in [-0.39, 0.29) is 12.0 Å². The summed E-state index contributed by atoms with van der Waals surface area (Å²) in [4.78, 5) is 17.5. The van der Waals surface area contributed by atoms with Crippen LogP contribution in [-0.4, -0.2) is 34.0 Å². The highest BCUT2D eigenvalue weighted by molar-refractivity contribution is 6.01. The maximum Gasteiger partial charge on any atom is 0.269 e. The van der Waals surface area contributed by atoms with E-state index in [0.29, 0.717) is 18.7 Å². The van der Waals surface area contributed by atoms with Gasteiger partial charge in [-0.2, -0.15) is 5.10 Å². The number of amides is 1. The van der Waals surface area contributed by atoms with Crippen LogP contribution in [0.5, 0.6) is 0 Å². The Bertz CT molecular complexity index is 764. The first-order valence-electron chi connectivity index (χ1n) is 7.61. The van der Waals surface area contributed by atoms with Crippen LogP contribution < -0.4 is 5.32 Å². The van der Waals surface area contributed by atoms with Gasteiger partial charge in [0.2, 0.25) is 0 Å². The van der Waals surface area contributed by atoms with Crippen LogP contribution in [0.3, 0.4) is 0 Å². The number of carbonyl (C=O) groups is 1. The minimum Gasteiger partial charge on any atom is -0.390 e. The molecule has 0 saturated heterocycles. The van der Waals surface area contributed by atoms with Crippen molar-refractivity contribution in [1.29, 1.82) is 0 Å². The van der Waals surface area contributed by atoms with Gasteiger partial charge in [-0.15, -0.1) is 0 Å². The highest BCUT2D eigenvalue weighted by Crippen LogP contribution is 2.18. The summed E-state index contributed by atoms with van der Waals surface area (Å²) in [5.41, 5.74) is 5.02. The molecule has 1 amide bonds. The van der Waals surface area contributed by atoms with Crippen LogP contribution >= 0.6 is 0 Å². The van der Waals surface area contributed by atoms with Gasteiger partial charge in [-0.1, -0.05) is 17.3 Å². The number of oxime groups is 1. The minimum absolute atomic E-state index is 0.135. The van der Waals surface area contributed by atoms with Gasteiger partial charge in [0.1, 0.15) is 11.8 Å². The third-order valence-electron chi connectivity index (χ3n) is 4.12. The van der Waals surface area contributed by atoms with Crippen molar-refractivity contribution in [2.75, 3.05) is 6.54 Å². The molecule has 120 valence electrons. The smallest absolute Gasteiger partial charge is 0.269 e. The SMILES string of the molecule is Cc1ccc(C2=NOC(CNC(=O)c3ccnn3C)C2)cc1C. The van der Waals surface area contributed by atoms with Gasteiger partial charge in [0.05, 0.1) is 12.3 Å². The predicted molar refractivity (Wildman–Crippen MR) is 87.5 cm³/mol. The van der Waals surface area contributed by atoms with E-state index in [1.807, 2.05) is 0 Å². The van der Waals surface area contributed by atoms with Gasteiger partial charge in [-0.25, -0.2) is 0 Å². The molecule has 2 heterocycles. The normalized spacial score (nSPS) is 16.8. The van der Waals surface area contributed by atoms with E-state index in [1.54, 1.807) is 24.0 Å². The molecule has 1 aliphatic heterocycles. The Balaban J connectivity index is 1.56. The monoisotopic (exact) mass is 312 g/mol. The average Bonchev–Trinajstić information content (AvgIpc) is 3.16. The summed E-state index contributed by atoms with van der Waals surface area (Å²) >= 11 is 0. The van der Waals surface area contributed by atoms with Crippen molar-refractivity contribution in [2.24, 2.45) is 12.2 Å². The zero-order valence-corrected chi connectivity index (χ0v) is 13.5. The van der Waals surface area contributed by atoms with Crippen LogP contribution in [-0.2, 0) is 11.9 Å². The van der Waals surface area contributed by atoms with E-state index < -0.39 is 0 Å². The van der Waals surface area contributed by atoms with Crippen molar-refractivity contribution in [3.63, 3.8) is 0 Å². The largest absolute Gasteiger partial charge is 0.390 e. The number of hydrogen-bond acceptors (Lipinski definition) is 4. The molecule has 1 aliphatic rings. The molecule has 1 unspecified atom stereocenters. The molecule has 6 heteroatoms. The van der Waals surface area contributed by atoms with E-state index in [9.17, 15) is 4.79 Å². The zero-order chi connectivity index (χ0) is 16.4. The second-order valence-electron chi connectivity index (χ2n) is 5.82. The summed E-state index contributed by atoms with van der Waals surface area (Å²) in [6, 6.07) is 7.95. The molecule has 2 aromatic rings. The van der Waals surface area contributed by atoms with E-state index >= 15 is 0 Å². The molecule has 0 radical (unpaired) electrons. The minimum atomic E-state index is -0.159. The molecule has 1 aromatic heterocycles. The molecular weight excluding hydrogens is 292 g/mol. The molecule has 1 N–H and O–H groups in total. The van der Waals surface area contributed by atoms with Crippen molar-refractivity contribution in [2.45, 2.75) is 26.4 Å². The molecule has 23 heavy (non-hydrogen) atoms. The van der Waals surface area contributed by atoms with Crippen LogP contribution in [0.2, 0.25) is 0 Å². The lowest BCUT2D eigenvalue weighted by Gasteiger charge is -2.10. The fourth-order valence-electron chi connectivity index (χ4n) is 2.52. The van der Waals surface area contributed by atoms with E-state index in [2.05, 4.69) is 47.6 Å². The number of benzene rings is 1. The number of nitrogens with zero attached hydrogens (tertiary/aromatic N) is 3. The lowest BCUT2D eigenvalue weighted by atomic mass is 10.0. The Hall–Kier alpha value is -2.63. The third kappa shape index (κ3) is 3.26. The van der Waals surface area contributed by atoms with Crippen LogP contribution in [0.15, 0.2) is 35.6 Å². The van der Waals surface area contributed by atoms with Crippen LogP contribution in [0.4, 0.5) is 0 Å². The van der Waals surface area contributed by atoms with Crippen molar-refractivity contribution in [3.8, 4) is 0 Å². The van der Waals surface area contributed by atoms with Crippen molar-refractivity contribution < 1.29 is 9.63 Å². The fraction of sp³-hybridized carbons (Fsp3) is 0.353. The standard InChI is InChI=1S/C17H20N4O2/c1-11-4-5-13(8-12(11)2)15-9-14(23-20-15)10-18-17(22)16-6-7-19-21(16)3/h4-8,14H,9-10H2,1-3H3,(H,18,22). The molecule has 0 fully saturated rings. The van der Waals surface area contributed by atoms with Crippen molar-refractivity contribution in [3.05, 3.63) is 52.8 Å². The summed E-state index contributed by atoms with van der Waals surface area (Å²) in [6.45, 7) is 4.59. The van der Waals surface area contributed by atoms with Gasteiger partial charge in [-0.3, -0.25) is 9.48 Å². The summed E-state index contributed by atoms with van der Waals surface area (Å²) in [5, 5.41) is 11.0. The number of rotatable bonds is 4. The predicted octanol–water partition coefficient (Wildman–Crippen LogP) is 1.96. The third-order valence-corrected chi connectivity index (χ3v) is 4.12. The fourth-order valence-corrected chi connectivity index (χ4v) is 2.52. The summed E-state index contributed by atoms with van der Waals surface area (Å²) < 4.78 is 1.54. The zero-order valence-electron chi connectivity index (χ0n) is 13.5. The number of aromatic nitrogens is 2.